The van der Waals surface area contributed by atoms with E-state index in [9.17, 15) is 13.2 Å². The van der Waals surface area contributed by atoms with Crippen molar-refractivity contribution in [3.8, 4) is 0 Å². The number of sulfone groups is 1. The molecule has 0 aliphatic carbocycles. The second-order valence-electron chi connectivity index (χ2n) is 4.36. The molecule has 0 heterocycles. The predicted octanol–water partition coefficient (Wildman–Crippen LogP) is 1.25. The molecule has 0 radical (unpaired) electrons. The van der Waals surface area contributed by atoms with Crippen molar-refractivity contribution in [3.63, 3.8) is 0 Å². The van der Waals surface area contributed by atoms with Gasteiger partial charge in [0.1, 0.15) is 5.75 Å². The molecule has 1 amide bonds. The molecular weight excluding hydrogens is 368 g/mol. The highest BCUT2D eigenvalue weighted by atomic mass is 79.9. The van der Waals surface area contributed by atoms with Crippen molar-refractivity contribution in [3.05, 3.63) is 34.3 Å². The van der Waals surface area contributed by atoms with Gasteiger partial charge < -0.3 is 11.1 Å². The molecular formula is C12H18BrClN2O3S. The van der Waals surface area contributed by atoms with Gasteiger partial charge in [0.2, 0.25) is 5.91 Å². The Balaban J connectivity index is 0.00000361. The molecule has 1 rings (SSSR count). The quantitative estimate of drug-likeness (QED) is 0.771. The van der Waals surface area contributed by atoms with E-state index in [0.717, 1.165) is 4.47 Å². The highest BCUT2D eigenvalue weighted by Gasteiger charge is 2.18. The summed E-state index contributed by atoms with van der Waals surface area (Å²) in [6.45, 7) is 2.00. The molecule has 0 bridgehead atoms. The number of nitrogens with two attached hydrogens (primary N) is 1. The first-order valence-electron chi connectivity index (χ1n) is 5.76. The molecule has 0 unspecified atom stereocenters. The van der Waals surface area contributed by atoms with Gasteiger partial charge in [-0.3, -0.25) is 4.79 Å². The zero-order valence-corrected chi connectivity index (χ0v) is 14.2. The first-order valence-corrected chi connectivity index (χ1v) is 8.38. The zero-order valence-electron chi connectivity index (χ0n) is 11.0. The summed E-state index contributed by atoms with van der Waals surface area (Å²) in [5, 5.41) is 2.53. The van der Waals surface area contributed by atoms with Crippen LogP contribution in [0.3, 0.4) is 0 Å². The van der Waals surface area contributed by atoms with Crippen LogP contribution in [-0.2, 0) is 20.4 Å². The van der Waals surface area contributed by atoms with Gasteiger partial charge in [0.25, 0.3) is 0 Å². The van der Waals surface area contributed by atoms with Gasteiger partial charge in [-0.15, -0.1) is 12.4 Å². The summed E-state index contributed by atoms with van der Waals surface area (Å²) >= 11 is 3.28. The number of rotatable bonds is 6. The highest BCUT2D eigenvalue weighted by Crippen LogP contribution is 2.13. The molecule has 1 aromatic carbocycles. The Labute approximate surface area is 133 Å². The third-order valence-corrected chi connectivity index (χ3v) is 4.42. The van der Waals surface area contributed by atoms with E-state index in [1.165, 1.54) is 0 Å². The van der Waals surface area contributed by atoms with Gasteiger partial charge in [-0.25, -0.2) is 8.42 Å². The Kier molecular flexibility index (Phi) is 8.34. The molecule has 5 nitrogen and oxygen atoms in total. The van der Waals surface area contributed by atoms with Crippen LogP contribution in [0.4, 0.5) is 0 Å². The lowest BCUT2D eigenvalue weighted by atomic mass is 10.2. The van der Waals surface area contributed by atoms with Crippen LogP contribution in [0, 0.1) is 0 Å². The van der Waals surface area contributed by atoms with Gasteiger partial charge in [0.15, 0.2) is 9.84 Å². The maximum Gasteiger partial charge on any atom is 0.235 e. The smallest absolute Gasteiger partial charge is 0.235 e. The molecule has 1 atom stereocenters. The lowest BCUT2D eigenvalue weighted by Gasteiger charge is -2.11. The third-order valence-electron chi connectivity index (χ3n) is 2.41. The molecule has 0 saturated carbocycles. The van der Waals surface area contributed by atoms with E-state index in [1.807, 2.05) is 0 Å². The van der Waals surface area contributed by atoms with Crippen molar-refractivity contribution in [2.75, 3.05) is 12.3 Å². The first kappa shape index (κ1) is 19.4. The summed E-state index contributed by atoms with van der Waals surface area (Å²) in [6.07, 6.45) is 0. The van der Waals surface area contributed by atoms with Crippen LogP contribution in [0.25, 0.3) is 0 Å². The Hall–Kier alpha value is -0.630. The number of nitrogens with one attached hydrogen (secondary N) is 1. The lowest BCUT2D eigenvalue weighted by Crippen LogP contribution is -2.40. The minimum atomic E-state index is -3.47. The average molecular weight is 386 g/mol. The largest absolute Gasteiger partial charge is 0.351 e. The summed E-state index contributed by atoms with van der Waals surface area (Å²) in [4.78, 5) is 11.5. The minimum Gasteiger partial charge on any atom is -0.351 e. The number of hydrogen-bond acceptors (Lipinski definition) is 4. The maximum absolute atomic E-state index is 11.9. The van der Waals surface area contributed by atoms with Gasteiger partial charge in [0.05, 0.1) is 5.75 Å². The standard InChI is InChI=1S/C12H17BrN2O3S.ClH/c1-9(6-14)15-12(16)8-19(17,18)7-10-2-4-11(13)5-3-10;/h2-5,9H,6-8,14H2,1H3,(H,15,16);1H/t9-;/m0./s1. The summed E-state index contributed by atoms with van der Waals surface area (Å²) in [7, 11) is -3.47. The summed E-state index contributed by atoms with van der Waals surface area (Å²) in [5.74, 6) is -1.19. The van der Waals surface area contributed by atoms with Gasteiger partial charge in [-0.2, -0.15) is 0 Å². The van der Waals surface area contributed by atoms with Crippen molar-refractivity contribution in [1.29, 1.82) is 0 Å². The number of amides is 1. The maximum atomic E-state index is 11.9. The minimum absolute atomic E-state index is 0. The van der Waals surface area contributed by atoms with Crippen LogP contribution in [-0.4, -0.2) is 32.7 Å². The van der Waals surface area contributed by atoms with Crippen molar-refractivity contribution in [1.82, 2.24) is 5.32 Å². The molecule has 0 aromatic heterocycles. The predicted molar refractivity (Wildman–Crippen MR) is 85.5 cm³/mol. The van der Waals surface area contributed by atoms with Gasteiger partial charge in [0, 0.05) is 17.1 Å². The van der Waals surface area contributed by atoms with Crippen molar-refractivity contribution in [2.45, 2.75) is 18.7 Å². The summed E-state index contributed by atoms with van der Waals surface area (Å²) < 4.78 is 24.6. The van der Waals surface area contributed by atoms with E-state index < -0.39 is 21.5 Å². The van der Waals surface area contributed by atoms with Crippen LogP contribution in [0.5, 0.6) is 0 Å². The molecule has 8 heteroatoms. The normalized spacial score (nSPS) is 12.3. The summed E-state index contributed by atoms with van der Waals surface area (Å²) in [5.41, 5.74) is 6.01. The fourth-order valence-corrected chi connectivity index (χ4v) is 3.01. The van der Waals surface area contributed by atoms with E-state index >= 15 is 0 Å². The van der Waals surface area contributed by atoms with E-state index in [1.54, 1.807) is 31.2 Å². The second kappa shape index (κ2) is 8.61. The lowest BCUT2D eigenvalue weighted by molar-refractivity contribution is -0.119. The molecule has 114 valence electrons. The third kappa shape index (κ3) is 7.23. The average Bonchev–Trinajstić information content (AvgIpc) is 2.30. The molecule has 3 N–H and O–H groups in total. The van der Waals surface area contributed by atoms with Crippen molar-refractivity contribution >= 4 is 44.1 Å². The van der Waals surface area contributed by atoms with Crippen LogP contribution in [0.2, 0.25) is 0 Å². The number of carbonyl (C=O) groups is 1. The fourth-order valence-electron chi connectivity index (χ4n) is 1.46. The highest BCUT2D eigenvalue weighted by molar-refractivity contribution is 9.10. The second-order valence-corrected chi connectivity index (χ2v) is 7.34. The molecule has 0 fully saturated rings. The number of halogens is 2. The number of benzene rings is 1. The van der Waals surface area contributed by atoms with Crippen molar-refractivity contribution < 1.29 is 13.2 Å². The number of hydrogen-bond donors (Lipinski definition) is 2. The topological polar surface area (TPSA) is 89.3 Å². The van der Waals surface area contributed by atoms with Crippen LogP contribution in [0.15, 0.2) is 28.7 Å². The van der Waals surface area contributed by atoms with Gasteiger partial charge in [-0.05, 0) is 24.6 Å². The molecule has 1 aromatic rings. The van der Waals surface area contributed by atoms with E-state index in [2.05, 4.69) is 21.2 Å². The summed E-state index contributed by atoms with van der Waals surface area (Å²) in [6, 6.07) is 6.72. The molecule has 0 aliphatic heterocycles. The zero-order chi connectivity index (χ0) is 14.5. The van der Waals surface area contributed by atoms with E-state index in [0.29, 0.717) is 5.56 Å². The monoisotopic (exact) mass is 384 g/mol. The Bertz CT molecular complexity index is 534. The van der Waals surface area contributed by atoms with Crippen LogP contribution in [0.1, 0.15) is 12.5 Å². The van der Waals surface area contributed by atoms with Crippen LogP contribution < -0.4 is 11.1 Å². The Morgan fingerprint density at radius 1 is 1.35 bits per heavy atom. The Morgan fingerprint density at radius 2 is 1.90 bits per heavy atom. The molecule has 0 saturated heterocycles. The SMILES string of the molecule is C[C@@H](CN)NC(=O)CS(=O)(=O)Cc1ccc(Br)cc1.Cl. The molecule has 20 heavy (non-hydrogen) atoms. The van der Waals surface area contributed by atoms with Gasteiger partial charge in [-0.1, -0.05) is 28.1 Å². The van der Waals surface area contributed by atoms with Gasteiger partial charge >= 0.3 is 0 Å². The fraction of sp³-hybridized carbons (Fsp3) is 0.417. The first-order chi connectivity index (χ1) is 8.82. The molecule has 0 aliphatic rings. The Morgan fingerprint density at radius 3 is 2.40 bits per heavy atom. The van der Waals surface area contributed by atoms with E-state index in [4.69, 9.17) is 5.73 Å². The van der Waals surface area contributed by atoms with E-state index in [-0.39, 0.29) is 30.7 Å². The van der Waals surface area contributed by atoms with Crippen LogP contribution >= 0.6 is 28.3 Å². The van der Waals surface area contributed by atoms with Crippen molar-refractivity contribution in [2.24, 2.45) is 5.73 Å². The molecule has 0 spiro atoms. The number of carbonyl (C=O) groups excluding carboxylic acids is 1.